The normalized spacial score (nSPS) is 20.0. The second-order valence-electron chi connectivity index (χ2n) is 6.40. The van der Waals surface area contributed by atoms with Crippen molar-refractivity contribution in [2.24, 2.45) is 17.6 Å². The van der Waals surface area contributed by atoms with E-state index in [-0.39, 0.29) is 11.1 Å². The molecule has 2 rings (SSSR count). The number of piperidine rings is 1. The minimum atomic E-state index is -3.47. The molecule has 0 aliphatic carbocycles. The summed E-state index contributed by atoms with van der Waals surface area (Å²) >= 11 is 0. The maximum absolute atomic E-state index is 12.6. The smallest absolute Gasteiger partial charge is 0.262 e. The van der Waals surface area contributed by atoms with Gasteiger partial charge in [-0.05, 0) is 31.6 Å². The molecule has 6 nitrogen and oxygen atoms in total. The van der Waals surface area contributed by atoms with Gasteiger partial charge in [-0.25, -0.2) is 13.4 Å². The number of aromatic nitrogens is 2. The first-order valence-electron chi connectivity index (χ1n) is 7.58. The van der Waals surface area contributed by atoms with Gasteiger partial charge in [-0.2, -0.15) is 4.31 Å². The Morgan fingerprint density at radius 3 is 2.48 bits per heavy atom. The highest BCUT2D eigenvalue weighted by atomic mass is 32.2. The molecule has 1 aromatic rings. The molecular formula is C14H26N4O2S. The highest BCUT2D eigenvalue weighted by Crippen LogP contribution is 2.24. The molecule has 1 unspecified atom stereocenters. The lowest BCUT2D eigenvalue weighted by Crippen LogP contribution is -2.42. The molecule has 0 bridgehead atoms. The summed E-state index contributed by atoms with van der Waals surface area (Å²) in [5.41, 5.74) is 5.90. The van der Waals surface area contributed by atoms with Gasteiger partial charge < -0.3 is 10.3 Å². The van der Waals surface area contributed by atoms with Crippen LogP contribution in [0.2, 0.25) is 0 Å². The Labute approximate surface area is 127 Å². The average molecular weight is 314 g/mol. The zero-order chi connectivity index (χ0) is 15.6. The lowest BCUT2D eigenvalue weighted by molar-refractivity contribution is 0.250. The van der Waals surface area contributed by atoms with Crippen LogP contribution in [0.15, 0.2) is 17.6 Å². The third-order valence-corrected chi connectivity index (χ3v) is 5.82. The SMILES string of the molecule is CC(C)Cn1cnc(S(=O)(=O)N2CCC(C(C)N)CC2)c1. The molecule has 0 aromatic carbocycles. The van der Waals surface area contributed by atoms with Crippen molar-refractivity contribution < 1.29 is 8.42 Å². The molecule has 0 saturated carbocycles. The maximum Gasteiger partial charge on any atom is 0.262 e. The van der Waals surface area contributed by atoms with E-state index in [0.717, 1.165) is 19.4 Å². The molecule has 0 amide bonds. The van der Waals surface area contributed by atoms with Crippen LogP contribution in [0.3, 0.4) is 0 Å². The highest BCUT2D eigenvalue weighted by molar-refractivity contribution is 7.89. The summed E-state index contributed by atoms with van der Waals surface area (Å²) in [6.45, 7) is 8.01. The van der Waals surface area contributed by atoms with Gasteiger partial charge in [-0.3, -0.25) is 0 Å². The van der Waals surface area contributed by atoms with Crippen LogP contribution in [-0.2, 0) is 16.6 Å². The van der Waals surface area contributed by atoms with E-state index in [2.05, 4.69) is 18.8 Å². The maximum atomic E-state index is 12.6. The summed E-state index contributed by atoms with van der Waals surface area (Å²) in [6.07, 6.45) is 4.88. The van der Waals surface area contributed by atoms with Crippen molar-refractivity contribution in [1.29, 1.82) is 0 Å². The van der Waals surface area contributed by atoms with E-state index in [1.807, 2.05) is 11.5 Å². The minimum Gasteiger partial charge on any atom is -0.336 e. The van der Waals surface area contributed by atoms with Crippen LogP contribution in [0.25, 0.3) is 0 Å². The van der Waals surface area contributed by atoms with Gasteiger partial charge in [0.2, 0.25) is 0 Å². The number of nitrogens with zero attached hydrogens (tertiary/aromatic N) is 3. The molecule has 1 saturated heterocycles. The number of hydrogen-bond donors (Lipinski definition) is 1. The van der Waals surface area contributed by atoms with Gasteiger partial charge in [0.25, 0.3) is 10.0 Å². The lowest BCUT2D eigenvalue weighted by Gasteiger charge is -2.32. The molecule has 0 spiro atoms. The molecule has 2 N–H and O–H groups in total. The Bertz CT molecular complexity index is 557. The van der Waals surface area contributed by atoms with Crippen molar-refractivity contribution in [1.82, 2.24) is 13.9 Å². The largest absolute Gasteiger partial charge is 0.336 e. The minimum absolute atomic E-state index is 0.125. The Morgan fingerprint density at radius 2 is 1.95 bits per heavy atom. The van der Waals surface area contributed by atoms with Crippen LogP contribution in [0.4, 0.5) is 0 Å². The van der Waals surface area contributed by atoms with Crippen LogP contribution in [0, 0.1) is 11.8 Å². The topological polar surface area (TPSA) is 81.2 Å². The van der Waals surface area contributed by atoms with Crippen molar-refractivity contribution in [2.75, 3.05) is 13.1 Å². The predicted molar refractivity (Wildman–Crippen MR) is 82.2 cm³/mol. The molecule has 0 radical (unpaired) electrons. The molecule has 7 heteroatoms. The van der Waals surface area contributed by atoms with Crippen LogP contribution >= 0.6 is 0 Å². The first kappa shape index (κ1) is 16.5. The molecule has 21 heavy (non-hydrogen) atoms. The number of rotatable bonds is 5. The Balaban J connectivity index is 2.07. The monoisotopic (exact) mass is 314 g/mol. The number of nitrogens with two attached hydrogens (primary N) is 1. The fraction of sp³-hybridized carbons (Fsp3) is 0.786. The molecule has 1 fully saturated rings. The number of imidazole rings is 1. The van der Waals surface area contributed by atoms with Crippen molar-refractivity contribution in [3.8, 4) is 0 Å². The molecule has 1 aliphatic heterocycles. The van der Waals surface area contributed by atoms with Crippen LogP contribution in [0.5, 0.6) is 0 Å². The van der Waals surface area contributed by atoms with Gasteiger partial charge in [-0.15, -0.1) is 0 Å². The summed E-state index contributed by atoms with van der Waals surface area (Å²) in [5.74, 6) is 0.867. The third kappa shape index (κ3) is 3.84. The van der Waals surface area contributed by atoms with E-state index in [1.54, 1.807) is 12.5 Å². The molecule has 120 valence electrons. The van der Waals surface area contributed by atoms with E-state index in [0.29, 0.717) is 24.9 Å². The third-order valence-electron chi connectivity index (χ3n) is 4.03. The van der Waals surface area contributed by atoms with Crippen molar-refractivity contribution >= 4 is 10.0 Å². The standard InChI is InChI=1S/C14H26N4O2S/c1-11(2)8-17-9-14(16-10-17)21(19,20)18-6-4-13(5-7-18)12(3)15/h9-13H,4-8,15H2,1-3H3. The fourth-order valence-electron chi connectivity index (χ4n) is 2.77. The van der Waals surface area contributed by atoms with Gasteiger partial charge in [0.1, 0.15) is 0 Å². The quantitative estimate of drug-likeness (QED) is 0.888. The fourth-order valence-corrected chi connectivity index (χ4v) is 4.17. The van der Waals surface area contributed by atoms with Crippen molar-refractivity contribution in [3.63, 3.8) is 0 Å². The van der Waals surface area contributed by atoms with E-state index in [9.17, 15) is 8.42 Å². The van der Waals surface area contributed by atoms with E-state index >= 15 is 0 Å². The van der Waals surface area contributed by atoms with Crippen LogP contribution in [0.1, 0.15) is 33.6 Å². The van der Waals surface area contributed by atoms with Crippen molar-refractivity contribution in [3.05, 3.63) is 12.5 Å². The van der Waals surface area contributed by atoms with Gasteiger partial charge in [0.15, 0.2) is 5.03 Å². The Morgan fingerprint density at radius 1 is 1.33 bits per heavy atom. The number of sulfonamides is 1. The highest BCUT2D eigenvalue weighted by Gasteiger charge is 2.31. The Kier molecular flexibility index (Phi) is 5.06. The van der Waals surface area contributed by atoms with Gasteiger partial charge in [0, 0.05) is 31.9 Å². The van der Waals surface area contributed by atoms with E-state index < -0.39 is 10.0 Å². The average Bonchev–Trinajstić information content (AvgIpc) is 2.87. The first-order chi connectivity index (χ1) is 9.80. The van der Waals surface area contributed by atoms with Gasteiger partial charge in [0.05, 0.1) is 6.33 Å². The summed E-state index contributed by atoms with van der Waals surface area (Å²) in [7, 11) is -3.47. The second kappa shape index (κ2) is 6.46. The molecule has 1 atom stereocenters. The van der Waals surface area contributed by atoms with Crippen LogP contribution in [-0.4, -0.2) is 41.4 Å². The zero-order valence-corrected chi connectivity index (χ0v) is 13.9. The second-order valence-corrected chi connectivity index (χ2v) is 8.29. The summed E-state index contributed by atoms with van der Waals surface area (Å²) in [5, 5.41) is 0.155. The zero-order valence-electron chi connectivity index (χ0n) is 13.1. The molecule has 1 aromatic heterocycles. The Hall–Kier alpha value is -0.920. The summed E-state index contributed by atoms with van der Waals surface area (Å²) in [4.78, 5) is 4.08. The lowest BCUT2D eigenvalue weighted by atomic mass is 9.92. The van der Waals surface area contributed by atoms with Crippen LogP contribution < -0.4 is 5.73 Å². The summed E-state index contributed by atoms with van der Waals surface area (Å²) < 4.78 is 28.5. The molecule has 1 aliphatic rings. The van der Waals surface area contributed by atoms with Gasteiger partial charge >= 0.3 is 0 Å². The predicted octanol–water partition coefficient (Wildman–Crippen LogP) is 1.29. The van der Waals surface area contributed by atoms with E-state index in [1.165, 1.54) is 4.31 Å². The first-order valence-corrected chi connectivity index (χ1v) is 9.02. The van der Waals surface area contributed by atoms with Gasteiger partial charge in [-0.1, -0.05) is 13.8 Å². The number of hydrogen-bond acceptors (Lipinski definition) is 4. The molecular weight excluding hydrogens is 288 g/mol. The summed E-state index contributed by atoms with van der Waals surface area (Å²) in [6, 6.07) is 0.125. The molecule has 2 heterocycles. The van der Waals surface area contributed by atoms with Crippen molar-refractivity contribution in [2.45, 2.75) is 51.2 Å². The van der Waals surface area contributed by atoms with E-state index in [4.69, 9.17) is 5.73 Å².